The minimum atomic E-state index is -0.956. The molecule has 0 aliphatic carbocycles. The molecule has 0 atom stereocenters. The zero-order chi connectivity index (χ0) is 15.4. The Morgan fingerprint density at radius 3 is 2.86 bits per heavy atom. The first-order valence-electron chi connectivity index (χ1n) is 6.06. The van der Waals surface area contributed by atoms with E-state index in [0.29, 0.717) is 22.2 Å². The van der Waals surface area contributed by atoms with E-state index in [1.54, 1.807) is 28.6 Å². The van der Waals surface area contributed by atoms with E-state index in [1.165, 1.54) is 11.3 Å². The SMILES string of the molecule is CN(C)c1cc(C(=O)Nc2nc(CC(=O)O)cs2)ccn1. The molecule has 2 aromatic rings. The summed E-state index contributed by atoms with van der Waals surface area (Å²) >= 11 is 1.19. The Bertz CT molecular complexity index is 669. The standard InChI is InChI=1S/C13H14N4O3S/c1-17(2)10-5-8(3-4-14-10)12(20)16-13-15-9(7-21-13)6-11(18)19/h3-5,7H,6H2,1-2H3,(H,18,19)(H,15,16,20). The fourth-order valence-corrected chi connectivity index (χ4v) is 2.28. The van der Waals surface area contributed by atoms with Gasteiger partial charge in [-0.15, -0.1) is 11.3 Å². The highest BCUT2D eigenvalue weighted by atomic mass is 32.1. The zero-order valence-electron chi connectivity index (χ0n) is 11.5. The number of hydrogen-bond donors (Lipinski definition) is 2. The quantitative estimate of drug-likeness (QED) is 0.869. The number of carbonyl (C=O) groups is 2. The fraction of sp³-hybridized carbons (Fsp3) is 0.231. The molecule has 110 valence electrons. The Kier molecular flexibility index (Phi) is 4.49. The minimum Gasteiger partial charge on any atom is -0.481 e. The predicted octanol–water partition coefficient (Wildman–Crippen LogP) is 1.48. The van der Waals surface area contributed by atoms with Gasteiger partial charge in [0.1, 0.15) is 5.82 Å². The number of carboxylic acids is 1. The van der Waals surface area contributed by atoms with Gasteiger partial charge >= 0.3 is 5.97 Å². The number of carboxylic acid groups (broad SMARTS) is 1. The number of amides is 1. The van der Waals surface area contributed by atoms with Crippen LogP contribution in [0.15, 0.2) is 23.7 Å². The molecule has 21 heavy (non-hydrogen) atoms. The van der Waals surface area contributed by atoms with Crippen molar-refractivity contribution >= 4 is 34.2 Å². The predicted molar refractivity (Wildman–Crippen MR) is 80.0 cm³/mol. The van der Waals surface area contributed by atoms with Crippen LogP contribution in [-0.2, 0) is 11.2 Å². The highest BCUT2D eigenvalue weighted by molar-refractivity contribution is 7.14. The number of aromatic nitrogens is 2. The molecule has 0 aromatic carbocycles. The number of anilines is 2. The van der Waals surface area contributed by atoms with Crippen molar-refractivity contribution in [2.45, 2.75) is 6.42 Å². The number of rotatable bonds is 5. The second kappa shape index (κ2) is 6.31. The molecular formula is C13H14N4O3S. The van der Waals surface area contributed by atoms with E-state index in [4.69, 9.17) is 5.11 Å². The molecule has 0 spiro atoms. The van der Waals surface area contributed by atoms with Gasteiger partial charge in [-0.2, -0.15) is 0 Å². The van der Waals surface area contributed by atoms with E-state index in [9.17, 15) is 9.59 Å². The van der Waals surface area contributed by atoms with Crippen LogP contribution in [0.3, 0.4) is 0 Å². The maximum atomic E-state index is 12.1. The number of thiazole rings is 1. The monoisotopic (exact) mass is 306 g/mol. The summed E-state index contributed by atoms with van der Waals surface area (Å²) in [5, 5.41) is 13.3. The van der Waals surface area contributed by atoms with Crippen molar-refractivity contribution in [2.75, 3.05) is 24.3 Å². The molecule has 8 heteroatoms. The summed E-state index contributed by atoms with van der Waals surface area (Å²) in [5.74, 6) is -0.590. The van der Waals surface area contributed by atoms with Crippen LogP contribution in [0.4, 0.5) is 10.9 Å². The van der Waals surface area contributed by atoms with Gasteiger partial charge in [0.25, 0.3) is 5.91 Å². The smallest absolute Gasteiger partial charge is 0.309 e. The maximum Gasteiger partial charge on any atom is 0.309 e. The van der Waals surface area contributed by atoms with Crippen molar-refractivity contribution in [3.8, 4) is 0 Å². The number of hydrogen-bond acceptors (Lipinski definition) is 6. The van der Waals surface area contributed by atoms with E-state index in [1.807, 2.05) is 14.1 Å². The molecule has 2 rings (SSSR count). The van der Waals surface area contributed by atoms with Crippen molar-refractivity contribution in [2.24, 2.45) is 0 Å². The highest BCUT2D eigenvalue weighted by Crippen LogP contribution is 2.17. The third kappa shape index (κ3) is 3.99. The Hall–Kier alpha value is -2.48. The van der Waals surface area contributed by atoms with E-state index in [-0.39, 0.29) is 12.3 Å². The zero-order valence-corrected chi connectivity index (χ0v) is 12.3. The summed E-state index contributed by atoms with van der Waals surface area (Å²) < 4.78 is 0. The van der Waals surface area contributed by atoms with Gasteiger partial charge in [-0.05, 0) is 12.1 Å². The molecular weight excluding hydrogens is 292 g/mol. The van der Waals surface area contributed by atoms with Gasteiger partial charge in [0.15, 0.2) is 5.13 Å². The van der Waals surface area contributed by atoms with Crippen LogP contribution < -0.4 is 10.2 Å². The van der Waals surface area contributed by atoms with Crippen molar-refractivity contribution in [3.05, 3.63) is 35.0 Å². The molecule has 1 amide bonds. The third-order valence-corrected chi connectivity index (χ3v) is 3.38. The van der Waals surface area contributed by atoms with Crippen LogP contribution >= 0.6 is 11.3 Å². The van der Waals surface area contributed by atoms with Crippen LogP contribution in [0.5, 0.6) is 0 Å². The minimum absolute atomic E-state index is 0.160. The lowest BCUT2D eigenvalue weighted by molar-refractivity contribution is -0.136. The molecule has 2 aromatic heterocycles. The first-order chi connectivity index (χ1) is 9.95. The summed E-state index contributed by atoms with van der Waals surface area (Å²) in [6.07, 6.45) is 1.40. The van der Waals surface area contributed by atoms with E-state index >= 15 is 0 Å². The van der Waals surface area contributed by atoms with Gasteiger partial charge in [-0.3, -0.25) is 14.9 Å². The summed E-state index contributed by atoms with van der Waals surface area (Å²) in [4.78, 5) is 32.7. The third-order valence-electron chi connectivity index (χ3n) is 2.57. The van der Waals surface area contributed by atoms with Gasteiger partial charge in [-0.1, -0.05) is 0 Å². The van der Waals surface area contributed by atoms with Gasteiger partial charge in [-0.25, -0.2) is 9.97 Å². The summed E-state index contributed by atoms with van der Waals surface area (Å²) in [6.45, 7) is 0. The Morgan fingerprint density at radius 1 is 1.43 bits per heavy atom. The fourth-order valence-electron chi connectivity index (χ4n) is 1.57. The molecule has 0 radical (unpaired) electrons. The summed E-state index contributed by atoms with van der Waals surface area (Å²) in [5.41, 5.74) is 0.884. The summed E-state index contributed by atoms with van der Waals surface area (Å²) in [7, 11) is 3.67. The second-order valence-electron chi connectivity index (χ2n) is 4.47. The molecule has 0 saturated carbocycles. The maximum absolute atomic E-state index is 12.1. The van der Waals surface area contributed by atoms with Crippen molar-refractivity contribution < 1.29 is 14.7 Å². The lowest BCUT2D eigenvalue weighted by Crippen LogP contribution is -2.15. The van der Waals surface area contributed by atoms with Gasteiger partial charge in [0.2, 0.25) is 0 Å². The lowest BCUT2D eigenvalue weighted by atomic mass is 10.2. The highest BCUT2D eigenvalue weighted by Gasteiger charge is 2.11. The Morgan fingerprint density at radius 2 is 2.19 bits per heavy atom. The first kappa shape index (κ1) is 14.9. The average Bonchev–Trinajstić information content (AvgIpc) is 2.85. The van der Waals surface area contributed by atoms with Crippen molar-refractivity contribution in [3.63, 3.8) is 0 Å². The van der Waals surface area contributed by atoms with Crippen LogP contribution in [0.25, 0.3) is 0 Å². The Balaban J connectivity index is 2.09. The normalized spacial score (nSPS) is 10.2. The lowest BCUT2D eigenvalue weighted by Gasteiger charge is -2.11. The van der Waals surface area contributed by atoms with Gasteiger partial charge in [0, 0.05) is 31.2 Å². The molecule has 0 aliphatic heterocycles. The van der Waals surface area contributed by atoms with Crippen molar-refractivity contribution in [1.82, 2.24) is 9.97 Å². The van der Waals surface area contributed by atoms with Crippen molar-refractivity contribution in [1.29, 1.82) is 0 Å². The van der Waals surface area contributed by atoms with Crippen LogP contribution in [0.2, 0.25) is 0 Å². The molecule has 0 aliphatic rings. The second-order valence-corrected chi connectivity index (χ2v) is 5.32. The average molecular weight is 306 g/mol. The molecule has 7 nitrogen and oxygen atoms in total. The summed E-state index contributed by atoms with van der Waals surface area (Å²) in [6, 6.07) is 3.27. The van der Waals surface area contributed by atoms with Crippen LogP contribution in [0.1, 0.15) is 16.1 Å². The molecule has 2 N–H and O–H groups in total. The molecule has 0 bridgehead atoms. The largest absolute Gasteiger partial charge is 0.481 e. The van der Waals surface area contributed by atoms with E-state index in [2.05, 4.69) is 15.3 Å². The first-order valence-corrected chi connectivity index (χ1v) is 6.94. The van der Waals surface area contributed by atoms with E-state index in [0.717, 1.165) is 0 Å². The van der Waals surface area contributed by atoms with Gasteiger partial charge in [0.05, 0.1) is 12.1 Å². The molecule has 0 unspecified atom stereocenters. The number of carbonyl (C=O) groups excluding carboxylic acids is 1. The van der Waals surface area contributed by atoms with Gasteiger partial charge < -0.3 is 10.0 Å². The molecule has 0 saturated heterocycles. The number of aliphatic carboxylic acids is 1. The number of pyridine rings is 1. The van der Waals surface area contributed by atoms with Crippen LogP contribution in [0, 0.1) is 0 Å². The molecule has 0 fully saturated rings. The molecule has 2 heterocycles. The number of nitrogens with one attached hydrogen (secondary N) is 1. The Labute approximate surface area is 125 Å². The topological polar surface area (TPSA) is 95.4 Å². The van der Waals surface area contributed by atoms with Crippen LogP contribution in [-0.4, -0.2) is 41.0 Å². The van der Waals surface area contributed by atoms with E-state index < -0.39 is 5.97 Å². The number of nitrogens with zero attached hydrogens (tertiary/aromatic N) is 3.